The van der Waals surface area contributed by atoms with E-state index in [1.165, 1.54) is 0 Å². The van der Waals surface area contributed by atoms with Gasteiger partial charge in [-0.05, 0) is 0 Å². The Kier molecular flexibility index (Phi) is 4.71. The molecule has 0 unspecified atom stereocenters. The molecule has 0 fully saturated rings. The molecule has 0 aliphatic carbocycles. The van der Waals surface area contributed by atoms with Crippen LogP contribution < -0.4 is 7.22 Å². The van der Waals surface area contributed by atoms with Crippen LogP contribution in [0.15, 0.2) is 24.3 Å². The fourth-order valence-electron chi connectivity index (χ4n) is 2.77. The zero-order valence-electron chi connectivity index (χ0n) is 12.4. The summed E-state index contributed by atoms with van der Waals surface area (Å²) in [6.45, 7) is 7.66. The topological polar surface area (TPSA) is 40.5 Å². The summed E-state index contributed by atoms with van der Waals surface area (Å²) in [5, 5.41) is 19.4. The third-order valence-corrected chi connectivity index (χ3v) is 14.1. The van der Waals surface area contributed by atoms with Crippen LogP contribution in [0, 0.1) is 27.7 Å². The van der Waals surface area contributed by atoms with E-state index in [9.17, 15) is 10.2 Å². The van der Waals surface area contributed by atoms with E-state index in [0.29, 0.717) is 0 Å². The van der Waals surface area contributed by atoms with E-state index in [4.69, 9.17) is 17.9 Å². The van der Waals surface area contributed by atoms with Gasteiger partial charge >= 0.3 is 137 Å². The average Bonchev–Trinajstić information content (AvgIpc) is 2.23. The maximum atomic E-state index is 9.70. The normalized spacial score (nSPS) is 12.5. The van der Waals surface area contributed by atoms with Gasteiger partial charge in [0.25, 0.3) is 0 Å². The van der Waals surface area contributed by atoms with E-state index >= 15 is 0 Å². The van der Waals surface area contributed by atoms with Gasteiger partial charge in [0.1, 0.15) is 0 Å². The molecule has 0 heterocycles. The Morgan fingerprint density at radius 3 is 1.14 bits per heavy atom. The molecule has 0 amide bonds. The minimum atomic E-state index is -3.59. The summed E-state index contributed by atoms with van der Waals surface area (Å²) in [6, 6.07) is 6.77. The second-order valence-electron chi connectivity index (χ2n) is 5.29. The van der Waals surface area contributed by atoms with E-state index in [-0.39, 0.29) is 11.5 Å². The molecule has 0 spiro atoms. The predicted octanol–water partition coefficient (Wildman–Crippen LogP) is 3.37. The van der Waals surface area contributed by atoms with Crippen molar-refractivity contribution in [1.82, 2.24) is 0 Å². The Bertz CT molecular complexity index is 606. The van der Waals surface area contributed by atoms with Crippen molar-refractivity contribution >= 4 is 41.1 Å². The molecule has 0 aliphatic rings. The molecule has 0 aliphatic heterocycles. The molecule has 2 aromatic rings. The zero-order chi connectivity index (χ0) is 15.9. The molecule has 2 nitrogen and oxygen atoms in total. The quantitative estimate of drug-likeness (QED) is 0.703. The predicted molar refractivity (Wildman–Crippen MR) is 91.9 cm³/mol. The molecule has 2 rings (SSSR count). The standard InChI is InChI=1S/C16H18Cl2O2Te/c1-9-5-13(19)6-10(2)15(9)21(17,18)16-11(3)7-14(20)8-12(16)4/h5-8,19-20H,1-4H3. The van der Waals surface area contributed by atoms with Crippen molar-refractivity contribution < 1.29 is 10.2 Å². The van der Waals surface area contributed by atoms with E-state index in [1.54, 1.807) is 24.3 Å². The Hall–Kier alpha value is -0.590. The van der Waals surface area contributed by atoms with E-state index in [1.807, 2.05) is 27.7 Å². The summed E-state index contributed by atoms with van der Waals surface area (Å²) >= 11 is -3.59. The molecule has 0 aromatic heterocycles. The average molecular weight is 441 g/mol. The third-order valence-electron chi connectivity index (χ3n) is 3.40. The second-order valence-corrected chi connectivity index (χ2v) is 17.6. The van der Waals surface area contributed by atoms with E-state index in [2.05, 4.69) is 0 Å². The molecular formula is C16H18Cl2O2Te. The molecule has 21 heavy (non-hydrogen) atoms. The SMILES string of the molecule is Cc1cc(O)cc(C)c1[Te](Cl)(Cl)c1c(C)cc(O)cc1C. The number of hydrogen-bond acceptors (Lipinski definition) is 2. The fraction of sp³-hybridized carbons (Fsp3) is 0.250. The molecule has 0 atom stereocenters. The molecule has 2 N–H and O–H groups in total. The number of aromatic hydroxyl groups is 2. The summed E-state index contributed by atoms with van der Waals surface area (Å²) in [5.74, 6) is 0.444. The van der Waals surface area contributed by atoms with Crippen LogP contribution in [0.25, 0.3) is 0 Å². The molecule has 5 heteroatoms. The summed E-state index contributed by atoms with van der Waals surface area (Å²) in [4.78, 5) is 0. The van der Waals surface area contributed by atoms with Gasteiger partial charge in [0.15, 0.2) is 0 Å². The first-order valence-corrected chi connectivity index (χ1v) is 14.7. The van der Waals surface area contributed by atoms with Crippen LogP contribution in [0.2, 0.25) is 0 Å². The summed E-state index contributed by atoms with van der Waals surface area (Å²) in [6.07, 6.45) is 0. The molecule has 0 saturated heterocycles. The van der Waals surface area contributed by atoms with Crippen molar-refractivity contribution in [1.29, 1.82) is 0 Å². The van der Waals surface area contributed by atoms with Crippen LogP contribution in [-0.4, -0.2) is 26.2 Å². The molecule has 0 saturated carbocycles. The van der Waals surface area contributed by atoms with Crippen LogP contribution in [0.5, 0.6) is 11.5 Å². The van der Waals surface area contributed by atoms with Crippen molar-refractivity contribution in [2.45, 2.75) is 27.7 Å². The summed E-state index contributed by atoms with van der Waals surface area (Å²) in [5.41, 5.74) is 3.63. The zero-order valence-corrected chi connectivity index (χ0v) is 16.2. The number of phenolic OH excluding ortho intramolecular Hbond substituents is 2. The minimum absolute atomic E-state index is 0.222. The molecule has 0 bridgehead atoms. The number of hydrogen-bond donors (Lipinski definition) is 2. The van der Waals surface area contributed by atoms with Crippen molar-refractivity contribution in [3.63, 3.8) is 0 Å². The van der Waals surface area contributed by atoms with Crippen molar-refractivity contribution in [3.05, 3.63) is 46.5 Å². The first kappa shape index (κ1) is 16.8. The van der Waals surface area contributed by atoms with Gasteiger partial charge in [0.2, 0.25) is 0 Å². The van der Waals surface area contributed by atoms with Gasteiger partial charge in [0.05, 0.1) is 0 Å². The van der Waals surface area contributed by atoms with Crippen LogP contribution in [-0.2, 0) is 0 Å². The number of halogens is 2. The van der Waals surface area contributed by atoms with E-state index < -0.39 is 15.9 Å². The molecular weight excluding hydrogens is 423 g/mol. The monoisotopic (exact) mass is 442 g/mol. The van der Waals surface area contributed by atoms with Crippen molar-refractivity contribution in [3.8, 4) is 11.5 Å². The maximum absolute atomic E-state index is 9.70. The van der Waals surface area contributed by atoms with Gasteiger partial charge < -0.3 is 0 Å². The first-order chi connectivity index (χ1) is 9.64. The van der Waals surface area contributed by atoms with Gasteiger partial charge in [-0.2, -0.15) is 0 Å². The fourth-order valence-corrected chi connectivity index (χ4v) is 15.2. The van der Waals surface area contributed by atoms with Gasteiger partial charge in [-0.1, -0.05) is 0 Å². The molecule has 0 radical (unpaired) electrons. The van der Waals surface area contributed by atoms with Crippen molar-refractivity contribution in [2.24, 2.45) is 0 Å². The first-order valence-electron chi connectivity index (χ1n) is 6.47. The van der Waals surface area contributed by atoms with Gasteiger partial charge in [-0.15, -0.1) is 0 Å². The Labute approximate surface area is 136 Å². The Balaban J connectivity index is 2.74. The van der Waals surface area contributed by atoms with Crippen LogP contribution in [0.3, 0.4) is 0 Å². The number of rotatable bonds is 2. The van der Waals surface area contributed by atoms with Crippen LogP contribution >= 0.6 is 17.9 Å². The van der Waals surface area contributed by atoms with Gasteiger partial charge in [-0.25, -0.2) is 0 Å². The third kappa shape index (κ3) is 3.12. The van der Waals surface area contributed by atoms with Crippen molar-refractivity contribution in [2.75, 3.05) is 0 Å². The summed E-state index contributed by atoms with van der Waals surface area (Å²) in [7, 11) is 13.8. The summed E-state index contributed by atoms with van der Waals surface area (Å²) < 4.78 is 1.91. The van der Waals surface area contributed by atoms with Gasteiger partial charge in [0, 0.05) is 0 Å². The Morgan fingerprint density at radius 2 is 0.905 bits per heavy atom. The Morgan fingerprint density at radius 1 is 0.667 bits per heavy atom. The van der Waals surface area contributed by atoms with E-state index in [0.717, 1.165) is 29.5 Å². The molecule has 2 aromatic carbocycles. The molecule has 114 valence electrons. The second kappa shape index (κ2) is 5.89. The number of aryl methyl sites for hydroxylation is 4. The van der Waals surface area contributed by atoms with Gasteiger partial charge in [-0.3, -0.25) is 0 Å². The number of phenols is 2. The number of benzene rings is 2. The van der Waals surface area contributed by atoms with Crippen LogP contribution in [0.1, 0.15) is 22.3 Å². The van der Waals surface area contributed by atoms with Crippen LogP contribution in [0.4, 0.5) is 0 Å².